The van der Waals surface area contributed by atoms with Gasteiger partial charge in [-0.1, -0.05) is 18.2 Å². The number of ether oxygens (including phenoxy) is 2. The average molecular weight is 289 g/mol. The number of morpholine rings is 1. The minimum absolute atomic E-state index is 0.0542. The smallest absolute Gasteiger partial charge is 0.223 e. The fourth-order valence-electron chi connectivity index (χ4n) is 2.52. The molecule has 114 valence electrons. The molecule has 1 heterocycles. The predicted molar refractivity (Wildman–Crippen MR) is 82.4 cm³/mol. The van der Waals surface area contributed by atoms with Gasteiger partial charge in [0.15, 0.2) is 0 Å². The van der Waals surface area contributed by atoms with E-state index in [2.05, 4.69) is 12.6 Å². The SMILES string of the molecule is C=CCCC(=O)N1CCO[C@H](Cc2cccc(OC)c2)C1. The number of hydrogen-bond acceptors (Lipinski definition) is 3. The van der Waals surface area contributed by atoms with E-state index in [-0.39, 0.29) is 12.0 Å². The summed E-state index contributed by atoms with van der Waals surface area (Å²) in [5.41, 5.74) is 1.17. The first-order valence-corrected chi connectivity index (χ1v) is 7.36. The van der Waals surface area contributed by atoms with Crippen LogP contribution in [-0.4, -0.2) is 43.7 Å². The van der Waals surface area contributed by atoms with E-state index in [1.807, 2.05) is 23.1 Å². The highest BCUT2D eigenvalue weighted by Gasteiger charge is 2.23. The van der Waals surface area contributed by atoms with Crippen molar-refractivity contribution < 1.29 is 14.3 Å². The van der Waals surface area contributed by atoms with Gasteiger partial charge in [-0.05, 0) is 24.1 Å². The Labute approximate surface area is 126 Å². The summed E-state index contributed by atoms with van der Waals surface area (Å²) in [6.07, 6.45) is 3.90. The summed E-state index contributed by atoms with van der Waals surface area (Å²) in [5, 5.41) is 0. The normalized spacial score (nSPS) is 18.3. The summed E-state index contributed by atoms with van der Waals surface area (Å²) in [6, 6.07) is 7.98. The summed E-state index contributed by atoms with van der Waals surface area (Å²) in [6.45, 7) is 5.61. The van der Waals surface area contributed by atoms with Gasteiger partial charge in [-0.25, -0.2) is 0 Å². The number of nitrogens with zero attached hydrogens (tertiary/aromatic N) is 1. The standard InChI is InChI=1S/C17H23NO3/c1-3-4-8-17(19)18-9-10-21-16(13-18)12-14-6-5-7-15(11-14)20-2/h3,5-7,11,16H,1,4,8-10,12-13H2,2H3/t16-/m1/s1. The van der Waals surface area contributed by atoms with Crippen LogP contribution in [-0.2, 0) is 16.0 Å². The van der Waals surface area contributed by atoms with E-state index in [1.165, 1.54) is 5.56 Å². The number of carbonyl (C=O) groups is 1. The van der Waals surface area contributed by atoms with Gasteiger partial charge >= 0.3 is 0 Å². The van der Waals surface area contributed by atoms with Gasteiger partial charge in [-0.2, -0.15) is 0 Å². The highest BCUT2D eigenvalue weighted by molar-refractivity contribution is 5.76. The van der Waals surface area contributed by atoms with Crippen LogP contribution in [0.3, 0.4) is 0 Å². The van der Waals surface area contributed by atoms with Crippen molar-refractivity contribution in [2.45, 2.75) is 25.4 Å². The predicted octanol–water partition coefficient (Wildman–Crippen LogP) is 2.43. The number of allylic oxidation sites excluding steroid dienone is 1. The van der Waals surface area contributed by atoms with Gasteiger partial charge in [-0.3, -0.25) is 4.79 Å². The Hall–Kier alpha value is -1.81. The van der Waals surface area contributed by atoms with Crippen LogP contribution in [0.4, 0.5) is 0 Å². The topological polar surface area (TPSA) is 38.8 Å². The van der Waals surface area contributed by atoms with Crippen molar-refractivity contribution in [2.75, 3.05) is 26.8 Å². The van der Waals surface area contributed by atoms with Gasteiger partial charge in [0.25, 0.3) is 0 Å². The molecule has 1 fully saturated rings. The summed E-state index contributed by atoms with van der Waals surface area (Å²) in [7, 11) is 1.66. The van der Waals surface area contributed by atoms with Crippen LogP contribution >= 0.6 is 0 Å². The number of carbonyl (C=O) groups excluding carboxylic acids is 1. The molecule has 0 spiro atoms. The molecule has 0 N–H and O–H groups in total. The minimum atomic E-state index is 0.0542. The molecule has 0 bridgehead atoms. The molecule has 4 nitrogen and oxygen atoms in total. The number of amides is 1. The minimum Gasteiger partial charge on any atom is -0.497 e. The zero-order chi connectivity index (χ0) is 15.1. The Morgan fingerprint density at radius 3 is 3.19 bits per heavy atom. The lowest BCUT2D eigenvalue weighted by atomic mass is 10.1. The molecule has 21 heavy (non-hydrogen) atoms. The molecular formula is C17H23NO3. The molecule has 1 aromatic carbocycles. The number of rotatable bonds is 6. The average Bonchev–Trinajstić information content (AvgIpc) is 2.53. The van der Waals surface area contributed by atoms with Gasteiger partial charge in [-0.15, -0.1) is 6.58 Å². The molecule has 0 aliphatic carbocycles. The first-order valence-electron chi connectivity index (χ1n) is 7.36. The second-order valence-electron chi connectivity index (χ2n) is 5.22. The molecular weight excluding hydrogens is 266 g/mol. The van der Waals surface area contributed by atoms with E-state index in [0.29, 0.717) is 26.1 Å². The third-order valence-electron chi connectivity index (χ3n) is 3.65. The van der Waals surface area contributed by atoms with Crippen molar-refractivity contribution in [3.05, 3.63) is 42.5 Å². The molecule has 1 aliphatic rings. The second-order valence-corrected chi connectivity index (χ2v) is 5.22. The quantitative estimate of drug-likeness (QED) is 0.755. The Balaban J connectivity index is 1.91. The molecule has 2 rings (SSSR count). The summed E-state index contributed by atoms with van der Waals surface area (Å²) in [5.74, 6) is 1.04. The first-order chi connectivity index (χ1) is 10.2. The van der Waals surface area contributed by atoms with Crippen LogP contribution in [0, 0.1) is 0 Å². The molecule has 0 aromatic heterocycles. The molecule has 1 aromatic rings. The third kappa shape index (κ3) is 4.60. The highest BCUT2D eigenvalue weighted by Crippen LogP contribution is 2.17. The van der Waals surface area contributed by atoms with Crippen LogP contribution < -0.4 is 4.74 Å². The van der Waals surface area contributed by atoms with Gasteiger partial charge < -0.3 is 14.4 Å². The number of hydrogen-bond donors (Lipinski definition) is 0. The Kier molecular flexibility index (Phi) is 5.81. The van der Waals surface area contributed by atoms with Crippen LogP contribution in [0.25, 0.3) is 0 Å². The molecule has 0 unspecified atom stereocenters. The Morgan fingerprint density at radius 1 is 1.57 bits per heavy atom. The molecule has 1 aliphatic heterocycles. The lowest BCUT2D eigenvalue weighted by Crippen LogP contribution is -2.46. The fraction of sp³-hybridized carbons (Fsp3) is 0.471. The van der Waals surface area contributed by atoms with E-state index in [1.54, 1.807) is 13.2 Å². The molecule has 1 saturated heterocycles. The Morgan fingerprint density at radius 2 is 2.43 bits per heavy atom. The zero-order valence-corrected chi connectivity index (χ0v) is 12.6. The first kappa shape index (κ1) is 15.6. The number of methoxy groups -OCH3 is 1. The Bertz CT molecular complexity index is 487. The lowest BCUT2D eigenvalue weighted by molar-refractivity contribution is -0.138. The van der Waals surface area contributed by atoms with Crippen LogP contribution in [0.15, 0.2) is 36.9 Å². The maximum absolute atomic E-state index is 12.1. The van der Waals surface area contributed by atoms with E-state index in [4.69, 9.17) is 9.47 Å². The van der Waals surface area contributed by atoms with Crippen molar-refractivity contribution >= 4 is 5.91 Å². The van der Waals surface area contributed by atoms with Crippen LogP contribution in [0.5, 0.6) is 5.75 Å². The van der Waals surface area contributed by atoms with Crippen LogP contribution in [0.2, 0.25) is 0 Å². The van der Waals surface area contributed by atoms with E-state index >= 15 is 0 Å². The maximum Gasteiger partial charge on any atom is 0.223 e. The maximum atomic E-state index is 12.1. The number of benzene rings is 1. The molecule has 0 saturated carbocycles. The monoisotopic (exact) mass is 289 g/mol. The second kappa shape index (κ2) is 7.84. The van der Waals surface area contributed by atoms with Crippen molar-refractivity contribution in [3.8, 4) is 5.75 Å². The summed E-state index contributed by atoms with van der Waals surface area (Å²) in [4.78, 5) is 14.0. The van der Waals surface area contributed by atoms with Gasteiger partial charge in [0.1, 0.15) is 5.75 Å². The van der Waals surface area contributed by atoms with Crippen molar-refractivity contribution in [3.63, 3.8) is 0 Å². The fourth-order valence-corrected chi connectivity index (χ4v) is 2.52. The lowest BCUT2D eigenvalue weighted by Gasteiger charge is -2.33. The van der Waals surface area contributed by atoms with Gasteiger partial charge in [0, 0.05) is 25.9 Å². The van der Waals surface area contributed by atoms with E-state index in [9.17, 15) is 4.79 Å². The van der Waals surface area contributed by atoms with Crippen molar-refractivity contribution in [1.29, 1.82) is 0 Å². The summed E-state index contributed by atoms with van der Waals surface area (Å²) >= 11 is 0. The molecule has 1 amide bonds. The van der Waals surface area contributed by atoms with Crippen molar-refractivity contribution in [2.24, 2.45) is 0 Å². The van der Waals surface area contributed by atoms with Crippen LogP contribution in [0.1, 0.15) is 18.4 Å². The zero-order valence-electron chi connectivity index (χ0n) is 12.6. The van der Waals surface area contributed by atoms with E-state index < -0.39 is 0 Å². The molecule has 1 atom stereocenters. The molecule has 4 heteroatoms. The largest absolute Gasteiger partial charge is 0.497 e. The highest BCUT2D eigenvalue weighted by atomic mass is 16.5. The van der Waals surface area contributed by atoms with Gasteiger partial charge in [0.05, 0.1) is 19.8 Å². The molecule has 0 radical (unpaired) electrons. The van der Waals surface area contributed by atoms with Crippen molar-refractivity contribution in [1.82, 2.24) is 4.90 Å². The summed E-state index contributed by atoms with van der Waals surface area (Å²) < 4.78 is 11.0. The third-order valence-corrected chi connectivity index (χ3v) is 3.65. The van der Waals surface area contributed by atoms with Gasteiger partial charge in [0.2, 0.25) is 5.91 Å². The van der Waals surface area contributed by atoms with E-state index in [0.717, 1.165) is 18.6 Å².